The molecule has 1 aliphatic carbocycles. The van der Waals surface area contributed by atoms with Crippen LogP contribution < -0.4 is 0 Å². The molecule has 2 saturated heterocycles. The average molecular weight is 276 g/mol. The Balaban J connectivity index is 1.84. The number of nitrogens with zero attached hydrogens (tertiary/aromatic N) is 1. The highest BCUT2D eigenvalue weighted by molar-refractivity contribution is 7.80. The maximum atomic E-state index is 5.89. The lowest BCUT2D eigenvalue weighted by molar-refractivity contribution is 0.179. The van der Waals surface area contributed by atoms with Crippen molar-refractivity contribution < 1.29 is 0 Å². The minimum absolute atomic E-state index is 0.568. The quantitative estimate of drug-likeness (QED) is 0.546. The van der Waals surface area contributed by atoms with E-state index in [0.717, 1.165) is 11.7 Å². The van der Waals surface area contributed by atoms with Crippen LogP contribution in [0.3, 0.4) is 0 Å². The van der Waals surface area contributed by atoms with E-state index in [2.05, 4.69) is 33.0 Å². The molecule has 1 radical (unpaired) electrons. The Labute approximate surface area is 124 Å². The molecule has 2 aliphatic heterocycles. The summed E-state index contributed by atoms with van der Waals surface area (Å²) in [5.74, 6) is 2.46. The minimum atomic E-state index is 0.568. The summed E-state index contributed by atoms with van der Waals surface area (Å²) >= 11 is 5.89. The van der Waals surface area contributed by atoms with Crippen LogP contribution in [0.4, 0.5) is 0 Å². The van der Waals surface area contributed by atoms with Gasteiger partial charge in [0.25, 0.3) is 0 Å². The van der Waals surface area contributed by atoms with Gasteiger partial charge in [-0.25, -0.2) is 0 Å². The molecule has 3 rings (SSSR count). The molecule has 105 valence electrons. The lowest BCUT2D eigenvalue weighted by Gasteiger charge is -2.47. The summed E-state index contributed by atoms with van der Waals surface area (Å²) in [6.07, 6.45) is 8.29. The maximum Gasteiger partial charge on any atom is 0.121 e. The summed E-state index contributed by atoms with van der Waals surface area (Å²) in [6, 6.07) is 0.579. The van der Waals surface area contributed by atoms with Gasteiger partial charge in [-0.1, -0.05) is 56.0 Å². The molecule has 4 atom stereocenters. The standard InChI is InChI=1S/C16H27BNS/c1-4-16-13-9-10-18(11(2)3)15(19)12(13)7-5-6-8-14(16)17-16/h11-14H,4-10H2,1-3H3. The van der Waals surface area contributed by atoms with E-state index in [1.807, 2.05) is 0 Å². The van der Waals surface area contributed by atoms with Gasteiger partial charge in [-0.3, -0.25) is 0 Å². The van der Waals surface area contributed by atoms with E-state index in [0.29, 0.717) is 17.3 Å². The number of likely N-dealkylation sites (tertiary alicyclic amines) is 1. The molecule has 1 nitrogen and oxygen atoms in total. The van der Waals surface area contributed by atoms with Crippen molar-refractivity contribution in [1.82, 2.24) is 4.90 Å². The molecule has 0 spiro atoms. The van der Waals surface area contributed by atoms with Gasteiger partial charge in [0.1, 0.15) is 7.28 Å². The molecular formula is C16H27BNS. The van der Waals surface area contributed by atoms with Gasteiger partial charge in [0.05, 0.1) is 4.99 Å². The van der Waals surface area contributed by atoms with Gasteiger partial charge in [-0.15, -0.1) is 0 Å². The zero-order valence-electron chi connectivity index (χ0n) is 12.7. The third-order valence-corrected chi connectivity index (χ3v) is 6.60. The van der Waals surface area contributed by atoms with E-state index in [1.165, 1.54) is 50.1 Å². The molecule has 3 heteroatoms. The molecule has 19 heavy (non-hydrogen) atoms. The first-order valence-electron chi connectivity index (χ1n) is 8.26. The second-order valence-electron chi connectivity index (χ2n) is 7.15. The molecule has 0 amide bonds. The van der Waals surface area contributed by atoms with Crippen LogP contribution in [0.15, 0.2) is 0 Å². The van der Waals surface area contributed by atoms with Crippen molar-refractivity contribution in [3.63, 3.8) is 0 Å². The van der Waals surface area contributed by atoms with Gasteiger partial charge in [0.15, 0.2) is 0 Å². The summed E-state index contributed by atoms with van der Waals surface area (Å²) in [6.45, 7) is 8.17. The highest BCUT2D eigenvalue weighted by atomic mass is 32.1. The number of rotatable bonds is 2. The second-order valence-corrected chi connectivity index (χ2v) is 7.57. The van der Waals surface area contributed by atoms with E-state index < -0.39 is 0 Å². The Kier molecular flexibility index (Phi) is 3.70. The lowest BCUT2D eigenvalue weighted by atomic mass is 9.64. The zero-order chi connectivity index (χ0) is 13.6. The molecular weight excluding hydrogens is 249 g/mol. The smallest absolute Gasteiger partial charge is 0.121 e. The van der Waals surface area contributed by atoms with Crippen LogP contribution in [-0.4, -0.2) is 29.8 Å². The fourth-order valence-electron chi connectivity index (χ4n) is 4.90. The van der Waals surface area contributed by atoms with Crippen LogP contribution in [-0.2, 0) is 0 Å². The van der Waals surface area contributed by atoms with Gasteiger partial charge in [0, 0.05) is 18.5 Å². The second kappa shape index (κ2) is 5.05. The highest BCUT2D eigenvalue weighted by Crippen LogP contribution is 2.70. The Morgan fingerprint density at radius 1 is 1.32 bits per heavy atom. The summed E-state index contributed by atoms with van der Waals surface area (Å²) in [4.78, 5) is 3.79. The van der Waals surface area contributed by atoms with Crippen molar-refractivity contribution in [3.05, 3.63) is 0 Å². The van der Waals surface area contributed by atoms with E-state index in [-0.39, 0.29) is 0 Å². The van der Waals surface area contributed by atoms with Crippen LogP contribution in [0.25, 0.3) is 0 Å². The molecule has 0 aromatic rings. The molecule has 0 aromatic heterocycles. The van der Waals surface area contributed by atoms with Crippen molar-refractivity contribution >= 4 is 24.5 Å². The maximum absolute atomic E-state index is 5.89. The molecule has 2 heterocycles. The highest BCUT2D eigenvalue weighted by Gasteiger charge is 2.60. The molecule has 0 bridgehead atoms. The normalized spacial score (nSPS) is 42.0. The van der Waals surface area contributed by atoms with Crippen LogP contribution in [0.1, 0.15) is 59.3 Å². The van der Waals surface area contributed by atoms with Crippen LogP contribution in [0, 0.1) is 11.8 Å². The van der Waals surface area contributed by atoms with E-state index in [1.54, 1.807) is 0 Å². The Morgan fingerprint density at radius 3 is 2.74 bits per heavy atom. The van der Waals surface area contributed by atoms with Crippen LogP contribution in [0.2, 0.25) is 11.1 Å². The van der Waals surface area contributed by atoms with Gasteiger partial charge in [-0.2, -0.15) is 0 Å². The number of hydrogen-bond acceptors (Lipinski definition) is 1. The first-order chi connectivity index (χ1) is 9.10. The van der Waals surface area contributed by atoms with Crippen molar-refractivity contribution in [2.24, 2.45) is 11.8 Å². The van der Waals surface area contributed by atoms with Gasteiger partial charge in [-0.05, 0) is 32.6 Å². The van der Waals surface area contributed by atoms with Gasteiger partial charge >= 0.3 is 0 Å². The zero-order valence-corrected chi connectivity index (χ0v) is 13.5. The average Bonchev–Trinajstić information content (AvgIpc) is 3.06. The Bertz CT molecular complexity index is 370. The first kappa shape index (κ1) is 13.9. The number of piperidine rings is 1. The number of hydrogen-bond donors (Lipinski definition) is 0. The van der Waals surface area contributed by atoms with E-state index in [9.17, 15) is 0 Å². The lowest BCUT2D eigenvalue weighted by Crippen LogP contribution is -2.49. The van der Waals surface area contributed by atoms with Crippen molar-refractivity contribution in [1.29, 1.82) is 0 Å². The number of thiocarbonyl (C=S) groups is 1. The SMILES string of the molecule is CCC12[B]C1CCCCC1C(=S)N(C(C)C)CCC12. The van der Waals surface area contributed by atoms with Crippen molar-refractivity contribution in [2.45, 2.75) is 76.5 Å². The van der Waals surface area contributed by atoms with Gasteiger partial charge < -0.3 is 4.90 Å². The monoisotopic (exact) mass is 276 g/mol. The Hall–Kier alpha value is -0.0451. The van der Waals surface area contributed by atoms with Gasteiger partial charge in [0.2, 0.25) is 0 Å². The topological polar surface area (TPSA) is 3.24 Å². The molecule has 1 saturated carbocycles. The largest absolute Gasteiger partial charge is 0.363 e. The third kappa shape index (κ3) is 2.16. The fourth-order valence-corrected chi connectivity index (χ4v) is 5.49. The fraction of sp³-hybridized carbons (Fsp3) is 0.938. The summed E-state index contributed by atoms with van der Waals surface area (Å²) < 4.78 is 0. The predicted octanol–water partition coefficient (Wildman–Crippen LogP) is 4.31. The van der Waals surface area contributed by atoms with Crippen LogP contribution >= 0.6 is 12.2 Å². The van der Waals surface area contributed by atoms with Crippen LogP contribution in [0.5, 0.6) is 0 Å². The molecule has 3 aliphatic rings. The molecule has 0 N–H and O–H groups in total. The summed E-state index contributed by atoms with van der Waals surface area (Å²) in [7, 11) is 2.68. The predicted molar refractivity (Wildman–Crippen MR) is 87.0 cm³/mol. The molecule has 0 aromatic carbocycles. The molecule has 3 fully saturated rings. The summed E-state index contributed by atoms with van der Waals surface area (Å²) in [5.41, 5.74) is 0. The van der Waals surface area contributed by atoms with E-state index in [4.69, 9.17) is 12.2 Å². The van der Waals surface area contributed by atoms with Crippen molar-refractivity contribution in [2.75, 3.05) is 6.54 Å². The molecule has 4 unspecified atom stereocenters. The Morgan fingerprint density at radius 2 is 2.05 bits per heavy atom. The third-order valence-electron chi connectivity index (χ3n) is 6.07. The minimum Gasteiger partial charge on any atom is -0.363 e. The number of fused-ring (bicyclic) bond motifs is 3. The summed E-state index contributed by atoms with van der Waals surface area (Å²) in [5, 5.41) is 0.568. The van der Waals surface area contributed by atoms with E-state index >= 15 is 0 Å². The van der Waals surface area contributed by atoms with Crippen molar-refractivity contribution in [3.8, 4) is 0 Å². The first-order valence-corrected chi connectivity index (χ1v) is 8.67.